The summed E-state index contributed by atoms with van der Waals surface area (Å²) in [5.41, 5.74) is 7.17. The number of halogens is 1. The van der Waals surface area contributed by atoms with E-state index in [-0.39, 0.29) is 11.9 Å². The van der Waals surface area contributed by atoms with Crippen LogP contribution < -0.4 is 10.1 Å². The molecule has 0 saturated heterocycles. The van der Waals surface area contributed by atoms with Crippen molar-refractivity contribution in [3.05, 3.63) is 99.2 Å². The average Bonchev–Trinajstić information content (AvgIpc) is 3.73. The van der Waals surface area contributed by atoms with Crippen molar-refractivity contribution in [2.24, 2.45) is 0 Å². The molecule has 0 aliphatic heterocycles. The van der Waals surface area contributed by atoms with E-state index in [9.17, 15) is 14.7 Å². The zero-order valence-corrected chi connectivity index (χ0v) is 23.4. The Hall–Kier alpha value is -3.77. The molecule has 1 aromatic heterocycles. The van der Waals surface area contributed by atoms with Crippen molar-refractivity contribution in [2.45, 2.75) is 65.1 Å². The van der Waals surface area contributed by atoms with Gasteiger partial charge in [-0.05, 0) is 105 Å². The Labute approximate surface area is 233 Å². The molecule has 7 heteroatoms. The number of carbonyl (C=O) groups excluding carboxylic acids is 1. The van der Waals surface area contributed by atoms with Gasteiger partial charge in [0.25, 0.3) is 5.91 Å². The number of carboxylic acid groups (broad SMARTS) is 1. The number of aliphatic carboxylic acids is 1. The van der Waals surface area contributed by atoms with Crippen LogP contribution in [0.4, 0.5) is 0 Å². The van der Waals surface area contributed by atoms with E-state index in [1.54, 1.807) is 6.07 Å². The highest BCUT2D eigenvalue weighted by Gasteiger charge is 2.24. The number of hydrogen-bond acceptors (Lipinski definition) is 3. The molecular weight excluding hydrogens is 512 g/mol. The van der Waals surface area contributed by atoms with Crippen molar-refractivity contribution in [2.75, 3.05) is 0 Å². The minimum Gasteiger partial charge on any atom is -0.479 e. The Kier molecular flexibility index (Phi) is 7.41. The van der Waals surface area contributed by atoms with Gasteiger partial charge in [-0.3, -0.25) is 4.79 Å². The lowest BCUT2D eigenvalue weighted by Crippen LogP contribution is -2.26. The van der Waals surface area contributed by atoms with Crippen LogP contribution >= 0.6 is 11.6 Å². The molecule has 2 N–H and O–H groups in total. The molecule has 2 atom stereocenters. The lowest BCUT2D eigenvalue weighted by molar-refractivity contribution is -0.144. The van der Waals surface area contributed by atoms with Gasteiger partial charge in [-0.25, -0.2) is 4.79 Å². The standard InChI is InChI=1S/C32H33ClN2O4/c1-18-20(3)35(17-22-12-27(33)16-28(13-22)39-21(4)32(37)38)30-11-10-26(15-29(18)30)31(36)34-19(2)24-6-5-7-25(14-24)23-8-9-23/h5-7,10-16,19,21,23H,8-9,17H2,1-4H3,(H,34,36)(H,37,38)/t19-,21?/m0/s1. The van der Waals surface area contributed by atoms with Gasteiger partial charge in [0.15, 0.2) is 6.10 Å². The van der Waals surface area contributed by atoms with Crippen LogP contribution in [0.25, 0.3) is 10.9 Å². The van der Waals surface area contributed by atoms with Crippen LogP contribution in [-0.4, -0.2) is 27.7 Å². The highest BCUT2D eigenvalue weighted by molar-refractivity contribution is 6.30. The summed E-state index contributed by atoms with van der Waals surface area (Å²) in [6, 6.07) is 19.5. The van der Waals surface area contributed by atoms with Crippen LogP contribution in [0.2, 0.25) is 5.02 Å². The van der Waals surface area contributed by atoms with Gasteiger partial charge in [0.2, 0.25) is 0 Å². The quantitative estimate of drug-likeness (QED) is 0.234. The highest BCUT2D eigenvalue weighted by atomic mass is 35.5. The summed E-state index contributed by atoms with van der Waals surface area (Å²) in [4.78, 5) is 24.4. The summed E-state index contributed by atoms with van der Waals surface area (Å²) >= 11 is 6.33. The molecule has 3 aromatic carbocycles. The fraction of sp³-hybridized carbons (Fsp3) is 0.312. The monoisotopic (exact) mass is 544 g/mol. The molecule has 4 aromatic rings. The van der Waals surface area contributed by atoms with Gasteiger partial charge >= 0.3 is 5.97 Å². The number of aryl methyl sites for hydroxylation is 1. The van der Waals surface area contributed by atoms with Gasteiger partial charge in [0.05, 0.1) is 6.04 Å². The van der Waals surface area contributed by atoms with E-state index < -0.39 is 12.1 Å². The fourth-order valence-electron chi connectivity index (χ4n) is 5.07. The second-order valence-corrected chi connectivity index (χ2v) is 11.0. The second kappa shape index (κ2) is 10.8. The molecule has 1 aliphatic carbocycles. The number of hydrogen-bond donors (Lipinski definition) is 2. The molecule has 1 unspecified atom stereocenters. The normalized spacial score (nSPS) is 14.7. The van der Waals surface area contributed by atoms with Crippen LogP contribution in [0.3, 0.4) is 0 Å². The zero-order valence-electron chi connectivity index (χ0n) is 22.6. The van der Waals surface area contributed by atoms with E-state index in [4.69, 9.17) is 16.3 Å². The van der Waals surface area contributed by atoms with Crippen molar-refractivity contribution < 1.29 is 19.4 Å². The summed E-state index contributed by atoms with van der Waals surface area (Å²) in [7, 11) is 0. The molecule has 1 fully saturated rings. The molecular formula is C32H33ClN2O4. The number of carbonyl (C=O) groups is 2. The number of nitrogens with one attached hydrogen (secondary N) is 1. The first kappa shape index (κ1) is 26.8. The molecule has 5 rings (SSSR count). The molecule has 0 bridgehead atoms. The summed E-state index contributed by atoms with van der Waals surface area (Å²) in [5.74, 6) is -0.0607. The average molecular weight is 545 g/mol. The van der Waals surface area contributed by atoms with Gasteiger partial charge in [0.1, 0.15) is 5.75 Å². The summed E-state index contributed by atoms with van der Waals surface area (Å²) < 4.78 is 7.72. The lowest BCUT2D eigenvalue weighted by Gasteiger charge is -2.16. The van der Waals surface area contributed by atoms with Crippen molar-refractivity contribution in [1.82, 2.24) is 9.88 Å². The van der Waals surface area contributed by atoms with Gasteiger partial charge < -0.3 is 19.7 Å². The van der Waals surface area contributed by atoms with Crippen molar-refractivity contribution in [3.8, 4) is 5.75 Å². The number of carboxylic acids is 1. The third-order valence-electron chi connectivity index (χ3n) is 7.64. The summed E-state index contributed by atoms with van der Waals surface area (Å²) in [5, 5.41) is 13.8. The van der Waals surface area contributed by atoms with Crippen molar-refractivity contribution in [3.63, 3.8) is 0 Å². The van der Waals surface area contributed by atoms with E-state index in [1.165, 1.54) is 25.3 Å². The maximum Gasteiger partial charge on any atom is 0.344 e. The first-order valence-electron chi connectivity index (χ1n) is 13.3. The van der Waals surface area contributed by atoms with Crippen molar-refractivity contribution in [1.29, 1.82) is 0 Å². The summed E-state index contributed by atoms with van der Waals surface area (Å²) in [6.07, 6.45) is 1.51. The zero-order chi connectivity index (χ0) is 27.8. The predicted molar refractivity (Wildman–Crippen MR) is 154 cm³/mol. The molecule has 0 spiro atoms. The number of rotatable bonds is 9. The Morgan fingerprint density at radius 3 is 2.56 bits per heavy atom. The SMILES string of the molecule is Cc1c(C)n(Cc2cc(Cl)cc(OC(C)C(=O)O)c2)c2ccc(C(=O)N[C@@H](C)c3cccc(C4CC4)c3)cc12. The number of ether oxygens (including phenoxy) is 1. The van der Waals surface area contributed by atoms with Gasteiger partial charge in [-0.15, -0.1) is 0 Å². The summed E-state index contributed by atoms with van der Waals surface area (Å²) in [6.45, 7) is 8.14. The first-order valence-corrected chi connectivity index (χ1v) is 13.7. The Morgan fingerprint density at radius 2 is 1.85 bits per heavy atom. The predicted octanol–water partition coefficient (Wildman–Crippen LogP) is 7.18. The minimum atomic E-state index is -1.04. The van der Waals surface area contributed by atoms with E-state index in [1.807, 2.05) is 37.3 Å². The lowest BCUT2D eigenvalue weighted by atomic mass is 10.0. The Balaban J connectivity index is 1.37. The third-order valence-corrected chi connectivity index (χ3v) is 7.86. The van der Waals surface area contributed by atoms with E-state index in [0.717, 1.165) is 33.3 Å². The minimum absolute atomic E-state index is 0.0950. The molecule has 1 amide bonds. The van der Waals surface area contributed by atoms with E-state index in [2.05, 4.69) is 48.0 Å². The molecule has 1 saturated carbocycles. The van der Waals surface area contributed by atoms with Crippen LogP contribution in [0.1, 0.15) is 77.0 Å². The fourth-order valence-corrected chi connectivity index (χ4v) is 5.32. The maximum atomic E-state index is 13.2. The van der Waals surface area contributed by atoms with Crippen LogP contribution in [0.15, 0.2) is 60.7 Å². The molecule has 1 heterocycles. The number of benzene rings is 3. The van der Waals surface area contributed by atoms with E-state index in [0.29, 0.717) is 28.8 Å². The van der Waals surface area contributed by atoms with Gasteiger partial charge in [-0.2, -0.15) is 0 Å². The topological polar surface area (TPSA) is 80.6 Å². The van der Waals surface area contributed by atoms with Crippen LogP contribution in [0.5, 0.6) is 5.75 Å². The molecule has 0 radical (unpaired) electrons. The number of aromatic nitrogens is 1. The molecule has 1 aliphatic rings. The van der Waals surface area contributed by atoms with Gasteiger partial charge in [-0.1, -0.05) is 35.9 Å². The van der Waals surface area contributed by atoms with Gasteiger partial charge in [0, 0.05) is 33.7 Å². The largest absolute Gasteiger partial charge is 0.479 e. The number of fused-ring (bicyclic) bond motifs is 1. The van der Waals surface area contributed by atoms with Crippen LogP contribution in [0, 0.1) is 13.8 Å². The third kappa shape index (κ3) is 5.81. The Bertz CT molecular complexity index is 1570. The maximum absolute atomic E-state index is 13.2. The highest BCUT2D eigenvalue weighted by Crippen LogP contribution is 2.40. The second-order valence-electron chi connectivity index (χ2n) is 10.6. The smallest absolute Gasteiger partial charge is 0.344 e. The molecule has 39 heavy (non-hydrogen) atoms. The number of nitrogens with zero attached hydrogens (tertiary/aromatic N) is 1. The molecule has 202 valence electrons. The Morgan fingerprint density at radius 1 is 1.08 bits per heavy atom. The first-order chi connectivity index (χ1) is 18.6. The van der Waals surface area contributed by atoms with Crippen molar-refractivity contribution >= 4 is 34.4 Å². The van der Waals surface area contributed by atoms with E-state index >= 15 is 0 Å². The number of amides is 1. The molecule has 6 nitrogen and oxygen atoms in total. The van der Waals surface area contributed by atoms with Crippen LogP contribution in [-0.2, 0) is 11.3 Å².